The molecule has 0 amide bonds. The van der Waals surface area contributed by atoms with E-state index in [9.17, 15) is 4.79 Å². The molecule has 0 bridgehead atoms. The second-order valence-electron chi connectivity index (χ2n) is 2.35. The van der Waals surface area contributed by atoms with Crippen LogP contribution in [-0.2, 0) is 4.79 Å². The number of hydrogen-bond acceptors (Lipinski definition) is 5. The van der Waals surface area contributed by atoms with Crippen LogP contribution in [0.5, 0.6) is 0 Å². The number of hydrogen-bond donors (Lipinski definition) is 2. The molecule has 0 spiro atoms. The van der Waals surface area contributed by atoms with Gasteiger partial charge in [-0.3, -0.25) is 9.79 Å². The Labute approximate surface area is 70.2 Å². The van der Waals surface area contributed by atoms with Gasteiger partial charge in [0.25, 0.3) is 6.29 Å². The van der Waals surface area contributed by atoms with E-state index < -0.39 is 7.25 Å². The molecular formula is C6H8BN2O3. The van der Waals surface area contributed by atoms with Gasteiger partial charge in [-0.2, -0.15) is 0 Å². The topological polar surface area (TPSA) is 73.1 Å². The quantitative estimate of drug-likeness (QED) is 0.500. The van der Waals surface area contributed by atoms with E-state index in [4.69, 9.17) is 10.0 Å². The van der Waals surface area contributed by atoms with E-state index in [0.717, 1.165) is 0 Å². The standard InChI is InChI=1S/C6H8BN2O3/c1-5-6(4-10)8-2-3-9(5)7(11)12/h2,11-12H,3H2,1H3. The summed E-state index contributed by atoms with van der Waals surface area (Å²) in [7, 11) is -1.60. The predicted molar refractivity (Wildman–Crippen MR) is 43.8 cm³/mol. The monoisotopic (exact) mass is 167 g/mol. The molecule has 1 heterocycles. The highest BCUT2D eigenvalue weighted by Gasteiger charge is 2.24. The van der Waals surface area contributed by atoms with Crippen LogP contribution in [0.1, 0.15) is 6.92 Å². The van der Waals surface area contributed by atoms with Crippen LogP contribution in [-0.4, -0.2) is 41.2 Å². The van der Waals surface area contributed by atoms with Crippen LogP contribution in [0.2, 0.25) is 0 Å². The van der Waals surface area contributed by atoms with Crippen LogP contribution in [0.3, 0.4) is 0 Å². The average molecular weight is 167 g/mol. The first-order valence-corrected chi connectivity index (χ1v) is 3.41. The Balaban J connectivity index is 2.90. The average Bonchev–Trinajstić information content (AvgIpc) is 2.04. The summed E-state index contributed by atoms with van der Waals surface area (Å²) in [6, 6.07) is 0. The van der Waals surface area contributed by atoms with Crippen LogP contribution in [0.25, 0.3) is 0 Å². The smallest absolute Gasteiger partial charge is 0.408 e. The second kappa shape index (κ2) is 3.51. The van der Waals surface area contributed by atoms with Gasteiger partial charge in [0.05, 0.1) is 0 Å². The minimum atomic E-state index is -1.60. The first-order chi connectivity index (χ1) is 5.66. The maximum atomic E-state index is 10.3. The zero-order valence-corrected chi connectivity index (χ0v) is 6.56. The lowest BCUT2D eigenvalue weighted by Gasteiger charge is -2.25. The van der Waals surface area contributed by atoms with Gasteiger partial charge in [-0.05, 0) is 6.92 Å². The highest BCUT2D eigenvalue weighted by molar-refractivity contribution is 6.38. The van der Waals surface area contributed by atoms with Gasteiger partial charge in [0, 0.05) is 18.5 Å². The molecule has 0 saturated heterocycles. The first-order valence-electron chi connectivity index (χ1n) is 3.41. The van der Waals surface area contributed by atoms with Gasteiger partial charge < -0.3 is 14.9 Å². The van der Waals surface area contributed by atoms with Crippen LogP contribution in [0, 0.1) is 0 Å². The van der Waals surface area contributed by atoms with E-state index in [1.54, 1.807) is 13.2 Å². The SMILES string of the molecule is CC1=C([C]=O)N=CCN1B(O)O. The van der Waals surface area contributed by atoms with Crippen molar-refractivity contribution >= 4 is 19.8 Å². The molecule has 0 atom stereocenters. The van der Waals surface area contributed by atoms with E-state index in [1.165, 1.54) is 11.0 Å². The van der Waals surface area contributed by atoms with Crippen LogP contribution >= 0.6 is 0 Å². The summed E-state index contributed by atoms with van der Waals surface area (Å²) < 4.78 is 0. The fourth-order valence-corrected chi connectivity index (χ4v) is 0.954. The molecule has 1 aliphatic rings. The van der Waals surface area contributed by atoms with E-state index in [-0.39, 0.29) is 12.2 Å². The number of aliphatic imine (C=N–C) groups is 1. The van der Waals surface area contributed by atoms with E-state index in [2.05, 4.69) is 4.99 Å². The van der Waals surface area contributed by atoms with Gasteiger partial charge >= 0.3 is 7.25 Å². The molecule has 12 heavy (non-hydrogen) atoms. The lowest BCUT2D eigenvalue weighted by atomic mass is 10.0. The summed E-state index contributed by atoms with van der Waals surface area (Å²) in [6.07, 6.45) is 3.03. The summed E-state index contributed by atoms with van der Waals surface area (Å²) in [5.74, 6) is 0. The van der Waals surface area contributed by atoms with Crippen LogP contribution in [0.15, 0.2) is 16.4 Å². The molecule has 1 rings (SSSR count). The summed E-state index contributed by atoms with van der Waals surface area (Å²) in [5.41, 5.74) is 0.525. The summed E-state index contributed by atoms with van der Waals surface area (Å²) in [5, 5.41) is 17.6. The molecule has 0 aromatic heterocycles. The maximum Gasteiger partial charge on any atom is 0.587 e. The Morgan fingerprint density at radius 2 is 2.42 bits per heavy atom. The molecule has 0 aromatic carbocycles. The van der Waals surface area contributed by atoms with Crippen molar-refractivity contribution < 1.29 is 14.8 Å². The third-order valence-corrected chi connectivity index (χ3v) is 1.65. The maximum absolute atomic E-state index is 10.3. The number of allylic oxidation sites excluding steroid dienone is 2. The van der Waals surface area contributed by atoms with Crippen molar-refractivity contribution in [3.8, 4) is 0 Å². The predicted octanol–water partition coefficient (Wildman–Crippen LogP) is -1.32. The number of rotatable bonds is 2. The molecular weight excluding hydrogens is 159 g/mol. The minimum Gasteiger partial charge on any atom is -0.408 e. The van der Waals surface area contributed by atoms with Crippen molar-refractivity contribution in [1.29, 1.82) is 0 Å². The van der Waals surface area contributed by atoms with Gasteiger partial charge in [-0.25, -0.2) is 0 Å². The van der Waals surface area contributed by atoms with E-state index in [1.807, 2.05) is 0 Å². The van der Waals surface area contributed by atoms with Crippen LogP contribution < -0.4 is 0 Å². The Hall–Kier alpha value is -1.14. The van der Waals surface area contributed by atoms with Gasteiger partial charge in [0.2, 0.25) is 0 Å². The van der Waals surface area contributed by atoms with Gasteiger partial charge in [0.15, 0.2) is 0 Å². The number of nitrogens with zero attached hydrogens (tertiary/aromatic N) is 2. The highest BCUT2D eigenvalue weighted by atomic mass is 16.4. The lowest BCUT2D eigenvalue weighted by molar-refractivity contribution is 0.318. The van der Waals surface area contributed by atoms with Gasteiger partial charge in [0.1, 0.15) is 5.70 Å². The van der Waals surface area contributed by atoms with Crippen molar-refractivity contribution in [3.05, 3.63) is 11.4 Å². The largest absolute Gasteiger partial charge is 0.587 e. The van der Waals surface area contributed by atoms with Crippen molar-refractivity contribution in [1.82, 2.24) is 4.81 Å². The third-order valence-electron chi connectivity index (χ3n) is 1.65. The molecule has 1 radical (unpaired) electrons. The Kier molecular flexibility index (Phi) is 2.62. The highest BCUT2D eigenvalue weighted by Crippen LogP contribution is 2.12. The Morgan fingerprint density at radius 1 is 1.75 bits per heavy atom. The normalized spacial score (nSPS) is 16.8. The van der Waals surface area contributed by atoms with Crippen molar-refractivity contribution in [2.75, 3.05) is 6.54 Å². The van der Waals surface area contributed by atoms with Gasteiger partial charge in [-0.15, -0.1) is 0 Å². The molecule has 2 N–H and O–H groups in total. The van der Waals surface area contributed by atoms with E-state index >= 15 is 0 Å². The van der Waals surface area contributed by atoms with Crippen molar-refractivity contribution in [2.24, 2.45) is 4.99 Å². The molecule has 5 nitrogen and oxygen atoms in total. The molecule has 0 fully saturated rings. The molecule has 63 valence electrons. The molecule has 0 saturated carbocycles. The summed E-state index contributed by atoms with van der Waals surface area (Å²) >= 11 is 0. The van der Waals surface area contributed by atoms with Crippen molar-refractivity contribution in [3.63, 3.8) is 0 Å². The Bertz CT molecular complexity index is 249. The fraction of sp³-hybridized carbons (Fsp3) is 0.333. The molecule has 6 heteroatoms. The molecule has 0 aliphatic carbocycles. The van der Waals surface area contributed by atoms with Crippen molar-refractivity contribution in [2.45, 2.75) is 6.92 Å². The fourth-order valence-electron chi connectivity index (χ4n) is 0.954. The summed E-state index contributed by atoms with van der Waals surface area (Å²) in [6.45, 7) is 1.87. The summed E-state index contributed by atoms with van der Waals surface area (Å²) in [4.78, 5) is 15.2. The Morgan fingerprint density at radius 3 is 2.92 bits per heavy atom. The molecule has 0 unspecified atom stereocenters. The zero-order valence-electron chi connectivity index (χ0n) is 6.56. The second-order valence-corrected chi connectivity index (χ2v) is 2.35. The number of carbonyl (C=O) groups excluding carboxylic acids is 1. The first kappa shape index (κ1) is 8.96. The van der Waals surface area contributed by atoms with Gasteiger partial charge in [-0.1, -0.05) is 0 Å². The zero-order chi connectivity index (χ0) is 9.14. The van der Waals surface area contributed by atoms with Crippen LogP contribution in [0.4, 0.5) is 0 Å². The van der Waals surface area contributed by atoms with E-state index in [0.29, 0.717) is 5.70 Å². The third kappa shape index (κ3) is 1.54. The lowest BCUT2D eigenvalue weighted by Crippen LogP contribution is -2.41. The molecule has 1 aliphatic heterocycles. The minimum absolute atomic E-state index is 0.106. The molecule has 0 aromatic rings.